The monoisotopic (exact) mass is 349 g/mol. The summed E-state index contributed by atoms with van der Waals surface area (Å²) in [6.07, 6.45) is 4.80. The minimum absolute atomic E-state index is 0.166. The fraction of sp³-hybridized carbons (Fsp3) is 0.111. The average molecular weight is 349 g/mol. The maximum atomic E-state index is 13.0. The summed E-state index contributed by atoms with van der Waals surface area (Å²) in [5, 5.41) is 18.7. The Balaban J connectivity index is 1.77. The van der Waals surface area contributed by atoms with Gasteiger partial charge >= 0.3 is 5.95 Å². The van der Waals surface area contributed by atoms with Gasteiger partial charge in [-0.1, -0.05) is 17.1 Å². The lowest BCUT2D eigenvalue weighted by atomic mass is 9.95. The van der Waals surface area contributed by atoms with Gasteiger partial charge in [0.1, 0.15) is 5.75 Å². The van der Waals surface area contributed by atoms with Gasteiger partial charge in [-0.3, -0.25) is 9.78 Å². The van der Waals surface area contributed by atoms with Gasteiger partial charge in [-0.25, -0.2) is 10.4 Å². The van der Waals surface area contributed by atoms with Gasteiger partial charge in [0.15, 0.2) is 12.4 Å². The first-order valence-corrected chi connectivity index (χ1v) is 8.06. The molecule has 8 nitrogen and oxygen atoms in total. The number of hydrogen-bond acceptors (Lipinski definition) is 5. The number of hydrogen-bond donors (Lipinski definition) is 4. The number of nitrogens with one attached hydrogen (secondary N) is 3. The lowest BCUT2D eigenvalue weighted by Crippen LogP contribution is -2.50. The van der Waals surface area contributed by atoms with Gasteiger partial charge in [-0.05, 0) is 36.8 Å². The third-order valence-corrected chi connectivity index (χ3v) is 4.22. The number of phenols is 1. The highest BCUT2D eigenvalue weighted by Crippen LogP contribution is 2.30. The average Bonchev–Trinajstić information content (AvgIpc) is 3.10. The number of carbonyl (C=O) groups excluding carboxylic acids is 1. The standard InChI is InChI=1S/C18H16N6O2/c1-11-15(17(26)23-13-3-2-8-19-9-13)16(12-4-6-14(25)7-5-12)24-18(22-11)20-10-21-24/h2-10,16H,1H3,(H3,20,21,22,23,25,26)/p+1. The van der Waals surface area contributed by atoms with E-state index >= 15 is 0 Å². The van der Waals surface area contributed by atoms with Crippen LogP contribution in [-0.4, -0.2) is 26.1 Å². The second-order valence-electron chi connectivity index (χ2n) is 5.93. The minimum atomic E-state index is -0.411. The van der Waals surface area contributed by atoms with E-state index in [9.17, 15) is 9.90 Å². The van der Waals surface area contributed by atoms with E-state index in [2.05, 4.69) is 25.7 Å². The molecule has 1 aliphatic heterocycles. The number of H-pyrrole nitrogens is 1. The van der Waals surface area contributed by atoms with Gasteiger partial charge in [0.25, 0.3) is 5.91 Å². The SMILES string of the molecule is CC1=C(C(=O)Nc2cccnc2)C(c2ccc(O)cc2)[n+]2[nH]cnc2N1. The van der Waals surface area contributed by atoms with Crippen LogP contribution in [0.3, 0.4) is 0 Å². The fourth-order valence-corrected chi connectivity index (χ4v) is 3.04. The van der Waals surface area contributed by atoms with Crippen molar-refractivity contribution in [2.45, 2.75) is 13.0 Å². The molecule has 2 aromatic heterocycles. The third kappa shape index (κ3) is 2.77. The molecule has 8 heteroatoms. The number of phenolic OH excluding ortho intramolecular Hbond substituents is 1. The summed E-state index contributed by atoms with van der Waals surface area (Å²) in [4.78, 5) is 21.3. The van der Waals surface area contributed by atoms with Gasteiger partial charge in [0, 0.05) is 6.20 Å². The van der Waals surface area contributed by atoms with Crippen LogP contribution in [0.2, 0.25) is 0 Å². The molecule has 0 aliphatic carbocycles. The molecule has 3 heterocycles. The molecule has 0 saturated heterocycles. The highest BCUT2D eigenvalue weighted by Gasteiger charge is 2.38. The number of aromatic amines is 1. The zero-order chi connectivity index (χ0) is 18.1. The molecule has 26 heavy (non-hydrogen) atoms. The van der Waals surface area contributed by atoms with Crippen LogP contribution in [0.5, 0.6) is 5.75 Å². The zero-order valence-electron chi connectivity index (χ0n) is 14.0. The second-order valence-corrected chi connectivity index (χ2v) is 5.93. The molecule has 0 fully saturated rings. The topological polar surface area (TPSA) is 107 Å². The van der Waals surface area contributed by atoms with E-state index in [-0.39, 0.29) is 11.7 Å². The van der Waals surface area contributed by atoms with E-state index in [4.69, 9.17) is 0 Å². The molecular weight excluding hydrogens is 332 g/mol. The molecule has 0 radical (unpaired) electrons. The summed E-state index contributed by atoms with van der Waals surface area (Å²) in [5.74, 6) is 0.534. The van der Waals surface area contributed by atoms with Crippen LogP contribution in [-0.2, 0) is 4.79 Å². The Morgan fingerprint density at radius 3 is 2.81 bits per heavy atom. The van der Waals surface area contributed by atoms with E-state index in [0.717, 1.165) is 5.56 Å². The van der Waals surface area contributed by atoms with Crippen molar-refractivity contribution in [3.05, 3.63) is 72.0 Å². The van der Waals surface area contributed by atoms with Crippen molar-refractivity contribution in [1.29, 1.82) is 0 Å². The number of fused-ring (bicyclic) bond motifs is 1. The highest BCUT2D eigenvalue weighted by atomic mass is 16.3. The number of aromatic nitrogens is 4. The number of carbonyl (C=O) groups is 1. The minimum Gasteiger partial charge on any atom is -0.508 e. The van der Waals surface area contributed by atoms with Gasteiger partial charge in [-0.15, -0.1) is 4.68 Å². The number of amides is 1. The van der Waals surface area contributed by atoms with E-state index in [0.29, 0.717) is 22.9 Å². The molecule has 1 unspecified atom stereocenters. The number of pyridine rings is 1. The molecule has 4 N–H and O–H groups in total. The Morgan fingerprint density at radius 1 is 1.27 bits per heavy atom. The number of allylic oxidation sites excluding steroid dienone is 1. The van der Waals surface area contributed by atoms with Crippen molar-refractivity contribution in [2.75, 3.05) is 10.6 Å². The first-order valence-electron chi connectivity index (χ1n) is 8.06. The van der Waals surface area contributed by atoms with Crippen molar-refractivity contribution < 1.29 is 14.6 Å². The van der Waals surface area contributed by atoms with Crippen LogP contribution in [0.1, 0.15) is 18.5 Å². The van der Waals surface area contributed by atoms with Crippen molar-refractivity contribution in [3.63, 3.8) is 0 Å². The van der Waals surface area contributed by atoms with Crippen LogP contribution in [0.25, 0.3) is 0 Å². The van der Waals surface area contributed by atoms with Crippen LogP contribution in [0.15, 0.2) is 66.4 Å². The van der Waals surface area contributed by atoms with E-state index in [1.54, 1.807) is 59.8 Å². The Labute approximate surface area is 149 Å². The summed E-state index contributed by atoms with van der Waals surface area (Å²) in [5.41, 5.74) is 2.70. The molecule has 1 amide bonds. The van der Waals surface area contributed by atoms with Crippen molar-refractivity contribution in [3.8, 4) is 5.75 Å². The smallest absolute Gasteiger partial charge is 0.416 e. The maximum absolute atomic E-state index is 13.0. The predicted octanol–water partition coefficient (Wildman–Crippen LogP) is 1.73. The molecule has 0 saturated carbocycles. The Hall–Kier alpha value is -3.68. The highest BCUT2D eigenvalue weighted by molar-refractivity contribution is 6.05. The fourth-order valence-electron chi connectivity index (χ4n) is 3.04. The Kier molecular flexibility index (Phi) is 3.85. The van der Waals surface area contributed by atoms with Crippen LogP contribution < -0.4 is 15.3 Å². The summed E-state index contributed by atoms with van der Waals surface area (Å²) < 4.78 is 1.78. The normalized spacial score (nSPS) is 16.0. The van der Waals surface area contributed by atoms with E-state index < -0.39 is 6.04 Å². The summed E-state index contributed by atoms with van der Waals surface area (Å²) >= 11 is 0. The summed E-state index contributed by atoms with van der Waals surface area (Å²) in [7, 11) is 0. The molecule has 1 aliphatic rings. The summed E-state index contributed by atoms with van der Waals surface area (Å²) in [6, 6.07) is 9.89. The molecule has 0 bridgehead atoms. The maximum Gasteiger partial charge on any atom is 0.416 e. The van der Waals surface area contributed by atoms with Gasteiger partial charge in [0.2, 0.25) is 0 Å². The van der Waals surface area contributed by atoms with E-state index in [1.165, 1.54) is 0 Å². The summed E-state index contributed by atoms with van der Waals surface area (Å²) in [6.45, 7) is 1.84. The number of aromatic hydroxyl groups is 1. The second kappa shape index (κ2) is 6.32. The number of rotatable bonds is 3. The number of nitrogens with zero attached hydrogens (tertiary/aromatic N) is 3. The Bertz CT molecular complexity index is 978. The molecule has 1 atom stereocenters. The first kappa shape index (κ1) is 15.8. The van der Waals surface area contributed by atoms with Gasteiger partial charge < -0.3 is 10.4 Å². The molecule has 1 aromatic carbocycles. The molecule has 4 rings (SSSR count). The Morgan fingerprint density at radius 2 is 2.08 bits per heavy atom. The first-order chi connectivity index (χ1) is 12.6. The predicted molar refractivity (Wildman–Crippen MR) is 94.2 cm³/mol. The number of anilines is 2. The van der Waals surface area contributed by atoms with Crippen molar-refractivity contribution in [1.82, 2.24) is 15.1 Å². The molecule has 130 valence electrons. The van der Waals surface area contributed by atoms with Crippen molar-refractivity contribution in [2.24, 2.45) is 0 Å². The van der Waals surface area contributed by atoms with Crippen molar-refractivity contribution >= 4 is 17.5 Å². The molecular formula is C18H17N6O2+. The molecule has 0 spiro atoms. The zero-order valence-corrected chi connectivity index (χ0v) is 14.0. The lowest BCUT2D eigenvalue weighted by Gasteiger charge is -2.24. The van der Waals surface area contributed by atoms with Gasteiger partial charge in [0.05, 0.1) is 23.2 Å². The van der Waals surface area contributed by atoms with E-state index in [1.807, 2.05) is 6.92 Å². The van der Waals surface area contributed by atoms with Crippen LogP contribution in [0, 0.1) is 0 Å². The quantitative estimate of drug-likeness (QED) is 0.539. The number of benzene rings is 1. The third-order valence-electron chi connectivity index (χ3n) is 4.22. The molecule has 3 aromatic rings. The largest absolute Gasteiger partial charge is 0.508 e. The van der Waals surface area contributed by atoms with Crippen LogP contribution in [0.4, 0.5) is 11.6 Å². The van der Waals surface area contributed by atoms with Crippen LogP contribution >= 0.6 is 0 Å². The van der Waals surface area contributed by atoms with Gasteiger partial charge in [-0.2, -0.15) is 0 Å². The lowest BCUT2D eigenvalue weighted by molar-refractivity contribution is -0.746.